The van der Waals surface area contributed by atoms with E-state index in [9.17, 15) is 9.59 Å². The van der Waals surface area contributed by atoms with Gasteiger partial charge in [-0.3, -0.25) is 14.5 Å². The summed E-state index contributed by atoms with van der Waals surface area (Å²) in [5.41, 5.74) is 14.9. The first-order chi connectivity index (χ1) is 15.7. The molecule has 4 N–H and O–H groups in total. The van der Waals surface area contributed by atoms with Crippen molar-refractivity contribution in [1.82, 2.24) is 29.4 Å². The number of carbonyl (C=O) groups is 2. The zero-order chi connectivity index (χ0) is 23.7. The van der Waals surface area contributed by atoms with Gasteiger partial charge in [0.2, 0.25) is 17.8 Å². The number of primary amides is 1. The van der Waals surface area contributed by atoms with Crippen molar-refractivity contribution in [3.63, 3.8) is 0 Å². The van der Waals surface area contributed by atoms with E-state index in [1.54, 1.807) is 16.6 Å². The number of anilines is 1. The van der Waals surface area contributed by atoms with E-state index in [4.69, 9.17) is 23.1 Å². The molecule has 1 fully saturated rings. The molecule has 3 heterocycles. The van der Waals surface area contributed by atoms with Gasteiger partial charge >= 0.3 is 0 Å². The van der Waals surface area contributed by atoms with Crippen LogP contribution in [0.25, 0.3) is 5.78 Å². The molecule has 10 nitrogen and oxygen atoms in total. The fourth-order valence-corrected chi connectivity index (χ4v) is 4.53. The number of nitrogen functional groups attached to an aromatic ring is 1. The van der Waals surface area contributed by atoms with Crippen LogP contribution in [-0.4, -0.2) is 67.4 Å². The highest BCUT2D eigenvalue weighted by atomic mass is 35.5. The van der Waals surface area contributed by atoms with Crippen molar-refractivity contribution < 1.29 is 9.59 Å². The first-order valence-corrected chi connectivity index (χ1v) is 11.2. The van der Waals surface area contributed by atoms with E-state index in [0.29, 0.717) is 49.8 Å². The normalized spacial score (nSPS) is 15.7. The number of amides is 2. The largest absolute Gasteiger partial charge is 0.368 e. The first kappa shape index (κ1) is 22.9. The van der Waals surface area contributed by atoms with E-state index in [-0.39, 0.29) is 11.9 Å². The maximum Gasteiger partial charge on any atom is 0.254 e. The van der Waals surface area contributed by atoms with Gasteiger partial charge in [0, 0.05) is 49.0 Å². The molecule has 174 valence electrons. The van der Waals surface area contributed by atoms with Crippen molar-refractivity contribution in [1.29, 1.82) is 0 Å². The van der Waals surface area contributed by atoms with Crippen LogP contribution in [0.5, 0.6) is 0 Å². The molecule has 1 aliphatic heterocycles. The topological polar surface area (TPSA) is 136 Å². The van der Waals surface area contributed by atoms with E-state index in [0.717, 1.165) is 22.5 Å². The molecule has 0 saturated carbocycles. The van der Waals surface area contributed by atoms with E-state index in [1.807, 2.05) is 35.8 Å². The number of aromatic nitrogens is 4. The average Bonchev–Trinajstić information content (AvgIpc) is 3.15. The van der Waals surface area contributed by atoms with Gasteiger partial charge in [-0.1, -0.05) is 23.7 Å². The highest BCUT2D eigenvalue weighted by Gasteiger charge is 2.30. The van der Waals surface area contributed by atoms with Gasteiger partial charge in [-0.15, -0.1) is 5.10 Å². The predicted molar refractivity (Wildman–Crippen MR) is 125 cm³/mol. The molecule has 33 heavy (non-hydrogen) atoms. The van der Waals surface area contributed by atoms with E-state index in [2.05, 4.69) is 15.1 Å². The highest BCUT2D eigenvalue weighted by molar-refractivity contribution is 6.30. The number of nitrogens with zero attached hydrogens (tertiary/aromatic N) is 6. The quantitative estimate of drug-likeness (QED) is 0.553. The number of hydrogen-bond donors (Lipinski definition) is 2. The number of carbonyl (C=O) groups excluding carboxylic acids is 2. The van der Waals surface area contributed by atoms with Crippen molar-refractivity contribution in [2.24, 2.45) is 5.73 Å². The second kappa shape index (κ2) is 9.32. The number of halogens is 1. The summed E-state index contributed by atoms with van der Waals surface area (Å²) in [7, 11) is 0. The summed E-state index contributed by atoms with van der Waals surface area (Å²) >= 11 is 5.97. The van der Waals surface area contributed by atoms with E-state index in [1.165, 1.54) is 0 Å². The zero-order valence-corrected chi connectivity index (χ0v) is 19.4. The molecule has 3 aromatic rings. The Morgan fingerprint density at radius 3 is 2.39 bits per heavy atom. The molecule has 4 rings (SSSR count). The van der Waals surface area contributed by atoms with Crippen LogP contribution >= 0.6 is 11.6 Å². The lowest BCUT2D eigenvalue weighted by atomic mass is 10.0. The number of hydrogen-bond acceptors (Lipinski definition) is 7. The Hall–Kier alpha value is -3.24. The molecule has 2 amide bonds. The average molecular weight is 471 g/mol. The molecule has 0 unspecified atom stereocenters. The maximum atomic E-state index is 12.9. The predicted octanol–water partition coefficient (Wildman–Crippen LogP) is 1.28. The zero-order valence-electron chi connectivity index (χ0n) is 18.7. The van der Waals surface area contributed by atoms with Gasteiger partial charge in [-0.25, -0.2) is 4.98 Å². The van der Waals surface area contributed by atoms with Gasteiger partial charge in [-0.2, -0.15) is 9.50 Å². The number of nitrogens with two attached hydrogens (primary N) is 2. The van der Waals surface area contributed by atoms with Crippen LogP contribution in [0.4, 0.5) is 5.95 Å². The van der Waals surface area contributed by atoms with Gasteiger partial charge in [0.1, 0.15) is 6.04 Å². The third-order valence-corrected chi connectivity index (χ3v) is 6.39. The van der Waals surface area contributed by atoms with Crippen LogP contribution in [0, 0.1) is 13.8 Å². The van der Waals surface area contributed by atoms with Crippen LogP contribution in [-0.2, 0) is 16.0 Å². The lowest BCUT2D eigenvalue weighted by molar-refractivity contribution is -0.134. The molecular formula is C22H27ClN8O2. The van der Waals surface area contributed by atoms with Crippen molar-refractivity contribution >= 4 is 35.1 Å². The van der Waals surface area contributed by atoms with Crippen molar-refractivity contribution in [2.45, 2.75) is 32.7 Å². The summed E-state index contributed by atoms with van der Waals surface area (Å²) in [5.74, 6) is 0.274. The van der Waals surface area contributed by atoms with Gasteiger partial charge in [0.05, 0.1) is 0 Å². The number of piperazine rings is 1. The van der Waals surface area contributed by atoms with Crippen LogP contribution in [0.15, 0.2) is 24.3 Å². The van der Waals surface area contributed by atoms with E-state index >= 15 is 0 Å². The maximum absolute atomic E-state index is 12.9. The Balaban J connectivity index is 1.38. The van der Waals surface area contributed by atoms with Crippen molar-refractivity contribution in [2.75, 3.05) is 31.9 Å². The third-order valence-electron chi connectivity index (χ3n) is 6.14. The Kier molecular flexibility index (Phi) is 6.48. The smallest absolute Gasteiger partial charge is 0.254 e. The molecule has 1 aromatic carbocycles. The molecule has 0 radical (unpaired) electrons. The number of fused-ring (bicyclic) bond motifs is 1. The van der Waals surface area contributed by atoms with Crippen molar-refractivity contribution in [3.8, 4) is 0 Å². The summed E-state index contributed by atoms with van der Waals surface area (Å²) in [4.78, 5) is 37.5. The minimum atomic E-state index is -0.544. The first-order valence-electron chi connectivity index (χ1n) is 10.8. The van der Waals surface area contributed by atoms with Gasteiger partial charge < -0.3 is 16.4 Å². The molecular weight excluding hydrogens is 444 g/mol. The summed E-state index contributed by atoms with van der Waals surface area (Å²) in [5, 5.41) is 4.78. The second-order valence-electron chi connectivity index (χ2n) is 8.22. The number of aryl methyl sites for hydroxylation is 2. The minimum absolute atomic E-state index is 0.0637. The molecule has 2 aromatic heterocycles. The summed E-state index contributed by atoms with van der Waals surface area (Å²) in [6.07, 6.45) is 0.906. The monoisotopic (exact) mass is 470 g/mol. The SMILES string of the molecule is Cc1nc2nc(N)nn2c(C)c1CCC(=O)N1CCN([C@H](C(N)=O)c2ccc(Cl)cc2)CC1. The fourth-order valence-electron chi connectivity index (χ4n) is 4.41. The molecule has 0 aliphatic carbocycles. The van der Waals surface area contributed by atoms with Gasteiger partial charge in [-0.05, 0) is 43.5 Å². The van der Waals surface area contributed by atoms with Crippen LogP contribution in [0.1, 0.15) is 35.0 Å². The Morgan fingerprint density at radius 2 is 1.76 bits per heavy atom. The molecule has 0 bridgehead atoms. The standard InChI is InChI=1S/C22H27ClN8O2/c1-13-17(14(2)31-22(26-13)27-21(25)28-31)7-8-18(32)29-9-11-30(12-10-29)19(20(24)33)15-3-5-16(23)6-4-15/h3-6,19H,7-12H2,1-2H3,(H2,24,33)(H2,25,28)/t19-/m0/s1. The Labute approximate surface area is 196 Å². The number of benzene rings is 1. The summed E-state index contributed by atoms with van der Waals surface area (Å²) in [6, 6.07) is 6.58. The summed E-state index contributed by atoms with van der Waals surface area (Å²) < 4.78 is 1.61. The molecule has 1 atom stereocenters. The Bertz CT molecular complexity index is 1190. The summed E-state index contributed by atoms with van der Waals surface area (Å²) in [6.45, 7) is 6.01. The fraction of sp³-hybridized carbons (Fsp3) is 0.409. The third kappa shape index (κ3) is 4.76. The lowest BCUT2D eigenvalue weighted by Gasteiger charge is -2.38. The second-order valence-corrected chi connectivity index (χ2v) is 8.65. The van der Waals surface area contributed by atoms with Gasteiger partial charge in [0.15, 0.2) is 0 Å². The molecule has 1 saturated heterocycles. The Morgan fingerprint density at radius 1 is 1.09 bits per heavy atom. The van der Waals surface area contributed by atoms with Crippen LogP contribution in [0.3, 0.4) is 0 Å². The van der Waals surface area contributed by atoms with E-state index < -0.39 is 11.9 Å². The molecule has 0 spiro atoms. The lowest BCUT2D eigenvalue weighted by Crippen LogP contribution is -2.51. The molecule has 1 aliphatic rings. The minimum Gasteiger partial charge on any atom is -0.368 e. The molecule has 11 heteroatoms. The highest BCUT2D eigenvalue weighted by Crippen LogP contribution is 2.24. The van der Waals surface area contributed by atoms with Crippen LogP contribution in [0.2, 0.25) is 5.02 Å². The van der Waals surface area contributed by atoms with Gasteiger partial charge in [0.25, 0.3) is 5.78 Å². The number of rotatable bonds is 6. The van der Waals surface area contributed by atoms with Crippen LogP contribution < -0.4 is 11.5 Å². The van der Waals surface area contributed by atoms with Crippen molar-refractivity contribution in [3.05, 3.63) is 51.8 Å².